The van der Waals surface area contributed by atoms with Crippen molar-refractivity contribution in [2.24, 2.45) is 0 Å². The fourth-order valence-corrected chi connectivity index (χ4v) is 3.61. The molecular formula is C25H35ClFN3O3. The topological polar surface area (TPSA) is 83.5 Å². The highest BCUT2D eigenvalue weighted by Gasteiger charge is 2.31. The second kappa shape index (κ2) is 9.95. The van der Waals surface area contributed by atoms with Crippen LogP contribution in [-0.4, -0.2) is 34.4 Å². The first-order valence-electron chi connectivity index (χ1n) is 11.0. The zero-order valence-corrected chi connectivity index (χ0v) is 21.4. The van der Waals surface area contributed by atoms with E-state index in [2.05, 4.69) is 15.6 Å². The summed E-state index contributed by atoms with van der Waals surface area (Å²) >= 11 is 6.00. The SMILES string of the molecule is CC(C)NC(C)(C)c1cc(-c2ccc(F)c(Cl)c2)nc(C(C)(O)CNC(=O)OC(C)(C)C)c1. The van der Waals surface area contributed by atoms with Crippen molar-refractivity contribution >= 4 is 17.7 Å². The molecule has 182 valence electrons. The maximum Gasteiger partial charge on any atom is 0.407 e. The second-order valence-corrected chi connectivity index (χ2v) is 10.7. The lowest BCUT2D eigenvalue weighted by atomic mass is 9.89. The maximum atomic E-state index is 13.7. The van der Waals surface area contributed by atoms with Crippen LogP contribution in [0, 0.1) is 5.82 Å². The molecule has 1 atom stereocenters. The number of aliphatic hydroxyl groups is 1. The highest BCUT2D eigenvalue weighted by atomic mass is 35.5. The van der Waals surface area contributed by atoms with Gasteiger partial charge in [0.05, 0.1) is 23.0 Å². The Kier molecular flexibility index (Phi) is 8.15. The van der Waals surface area contributed by atoms with Crippen LogP contribution in [0.15, 0.2) is 30.3 Å². The summed E-state index contributed by atoms with van der Waals surface area (Å²) in [5.41, 5.74) is -0.255. The molecule has 0 radical (unpaired) electrons. The van der Waals surface area contributed by atoms with Gasteiger partial charge in [0, 0.05) is 17.1 Å². The molecule has 0 saturated carbocycles. The van der Waals surface area contributed by atoms with Crippen LogP contribution in [0.25, 0.3) is 11.3 Å². The Hall–Kier alpha value is -2.22. The van der Waals surface area contributed by atoms with Crippen LogP contribution in [0.2, 0.25) is 5.02 Å². The van der Waals surface area contributed by atoms with Gasteiger partial charge in [0.1, 0.15) is 17.0 Å². The summed E-state index contributed by atoms with van der Waals surface area (Å²) in [6.45, 7) is 14.9. The molecule has 1 amide bonds. The molecule has 3 N–H and O–H groups in total. The van der Waals surface area contributed by atoms with E-state index in [-0.39, 0.29) is 17.6 Å². The quantitative estimate of drug-likeness (QED) is 0.488. The average Bonchev–Trinajstić information content (AvgIpc) is 2.66. The number of nitrogens with one attached hydrogen (secondary N) is 2. The van der Waals surface area contributed by atoms with Crippen molar-refractivity contribution in [1.82, 2.24) is 15.6 Å². The van der Waals surface area contributed by atoms with Gasteiger partial charge in [0.25, 0.3) is 0 Å². The van der Waals surface area contributed by atoms with Crippen LogP contribution in [-0.2, 0) is 15.9 Å². The molecule has 6 nitrogen and oxygen atoms in total. The molecular weight excluding hydrogens is 445 g/mol. The standard InChI is InChI=1S/C25H35ClFN3O3/c1-15(2)30-24(6,7)17-12-20(16-9-10-19(27)18(26)11-16)29-21(13-17)25(8,32)14-28-22(31)33-23(3,4)5/h9-13,15,30,32H,14H2,1-8H3,(H,28,31). The fraction of sp³-hybridized carbons (Fsp3) is 0.520. The molecule has 1 aromatic heterocycles. The van der Waals surface area contributed by atoms with Crippen molar-refractivity contribution in [1.29, 1.82) is 0 Å². The lowest BCUT2D eigenvalue weighted by molar-refractivity contribution is 0.0297. The van der Waals surface area contributed by atoms with E-state index in [1.54, 1.807) is 39.8 Å². The van der Waals surface area contributed by atoms with E-state index >= 15 is 0 Å². The Labute approximate surface area is 200 Å². The molecule has 0 spiro atoms. The van der Waals surface area contributed by atoms with Gasteiger partial charge in [-0.2, -0.15) is 0 Å². The van der Waals surface area contributed by atoms with E-state index < -0.39 is 28.7 Å². The first-order valence-corrected chi connectivity index (χ1v) is 11.3. The Bertz CT molecular complexity index is 1000. The molecule has 33 heavy (non-hydrogen) atoms. The van der Waals surface area contributed by atoms with Crippen LogP contribution >= 0.6 is 11.6 Å². The molecule has 0 aliphatic rings. The number of amides is 1. The number of nitrogens with zero attached hydrogens (tertiary/aromatic N) is 1. The Morgan fingerprint density at radius 1 is 1.15 bits per heavy atom. The largest absolute Gasteiger partial charge is 0.444 e. The number of alkyl carbamates (subject to hydrolysis) is 1. The molecule has 0 aliphatic heterocycles. The van der Waals surface area contributed by atoms with Crippen LogP contribution in [0.3, 0.4) is 0 Å². The molecule has 2 rings (SSSR count). The minimum Gasteiger partial charge on any atom is -0.444 e. The Morgan fingerprint density at radius 2 is 1.79 bits per heavy atom. The lowest BCUT2D eigenvalue weighted by Gasteiger charge is -2.32. The predicted octanol–water partition coefficient (Wildman–Crippen LogP) is 5.51. The molecule has 0 bridgehead atoms. The number of ether oxygens (including phenoxy) is 1. The van der Waals surface area contributed by atoms with Gasteiger partial charge in [-0.05, 0) is 77.4 Å². The van der Waals surface area contributed by atoms with Gasteiger partial charge < -0.3 is 20.5 Å². The summed E-state index contributed by atoms with van der Waals surface area (Å²) < 4.78 is 19.0. The highest BCUT2D eigenvalue weighted by molar-refractivity contribution is 6.31. The maximum absolute atomic E-state index is 13.7. The fourth-order valence-electron chi connectivity index (χ4n) is 3.42. The number of benzene rings is 1. The van der Waals surface area contributed by atoms with Crippen molar-refractivity contribution in [2.75, 3.05) is 6.54 Å². The first kappa shape index (κ1) is 27.0. The average molecular weight is 480 g/mol. The number of halogens is 2. The monoisotopic (exact) mass is 479 g/mol. The number of aromatic nitrogens is 1. The lowest BCUT2D eigenvalue weighted by Crippen LogP contribution is -2.43. The highest BCUT2D eigenvalue weighted by Crippen LogP contribution is 2.31. The van der Waals surface area contributed by atoms with Gasteiger partial charge >= 0.3 is 6.09 Å². The van der Waals surface area contributed by atoms with E-state index in [1.165, 1.54) is 12.1 Å². The zero-order valence-electron chi connectivity index (χ0n) is 20.6. The minimum absolute atomic E-state index is 0.0147. The summed E-state index contributed by atoms with van der Waals surface area (Å²) in [7, 11) is 0. The van der Waals surface area contributed by atoms with E-state index in [0.29, 0.717) is 17.0 Å². The molecule has 1 heterocycles. The van der Waals surface area contributed by atoms with Crippen molar-refractivity contribution in [2.45, 2.75) is 78.2 Å². The molecule has 2 aromatic rings. The van der Waals surface area contributed by atoms with Gasteiger partial charge in [0.15, 0.2) is 0 Å². The van der Waals surface area contributed by atoms with E-state index in [4.69, 9.17) is 16.3 Å². The van der Waals surface area contributed by atoms with Crippen LogP contribution in [0.4, 0.5) is 9.18 Å². The van der Waals surface area contributed by atoms with Crippen molar-refractivity contribution in [3.05, 3.63) is 52.4 Å². The van der Waals surface area contributed by atoms with Crippen LogP contribution in [0.5, 0.6) is 0 Å². The predicted molar refractivity (Wildman–Crippen MR) is 130 cm³/mol. The Balaban J connectivity index is 2.50. The Morgan fingerprint density at radius 3 is 2.33 bits per heavy atom. The van der Waals surface area contributed by atoms with E-state index in [1.807, 2.05) is 33.8 Å². The van der Waals surface area contributed by atoms with Gasteiger partial charge in [-0.25, -0.2) is 14.2 Å². The summed E-state index contributed by atoms with van der Waals surface area (Å²) in [5.74, 6) is -0.521. The molecule has 0 saturated heterocycles. The van der Waals surface area contributed by atoms with Crippen molar-refractivity contribution in [3.63, 3.8) is 0 Å². The van der Waals surface area contributed by atoms with Crippen LogP contribution in [0.1, 0.15) is 66.6 Å². The number of carbonyl (C=O) groups is 1. The third-order valence-corrected chi connectivity index (χ3v) is 5.23. The number of pyridine rings is 1. The van der Waals surface area contributed by atoms with Gasteiger partial charge in [-0.3, -0.25) is 0 Å². The van der Waals surface area contributed by atoms with Gasteiger partial charge in [-0.15, -0.1) is 0 Å². The third-order valence-electron chi connectivity index (χ3n) is 4.94. The molecule has 0 aliphatic carbocycles. The van der Waals surface area contributed by atoms with Crippen molar-refractivity contribution in [3.8, 4) is 11.3 Å². The third kappa shape index (κ3) is 7.66. The second-order valence-electron chi connectivity index (χ2n) is 10.3. The van der Waals surface area contributed by atoms with Gasteiger partial charge in [0.2, 0.25) is 0 Å². The van der Waals surface area contributed by atoms with Crippen molar-refractivity contribution < 1.29 is 19.0 Å². The van der Waals surface area contributed by atoms with Crippen LogP contribution < -0.4 is 10.6 Å². The molecule has 1 unspecified atom stereocenters. The first-order chi connectivity index (χ1) is 15.0. The number of rotatable bonds is 7. The summed E-state index contributed by atoms with van der Waals surface area (Å²) in [4.78, 5) is 16.8. The number of hydrogen-bond donors (Lipinski definition) is 3. The summed E-state index contributed by atoms with van der Waals surface area (Å²) in [6, 6.07) is 8.28. The van der Waals surface area contributed by atoms with E-state index in [9.17, 15) is 14.3 Å². The molecule has 8 heteroatoms. The van der Waals surface area contributed by atoms with Gasteiger partial charge in [-0.1, -0.05) is 25.4 Å². The minimum atomic E-state index is -1.50. The smallest absolute Gasteiger partial charge is 0.407 e. The number of carbonyl (C=O) groups excluding carboxylic acids is 1. The molecule has 0 fully saturated rings. The molecule has 1 aromatic carbocycles. The summed E-state index contributed by atoms with van der Waals surface area (Å²) in [6.07, 6.45) is -0.633. The van der Waals surface area contributed by atoms with E-state index in [0.717, 1.165) is 5.56 Å². The normalized spacial score (nSPS) is 14.2. The summed E-state index contributed by atoms with van der Waals surface area (Å²) in [5, 5.41) is 17.3. The number of hydrogen-bond acceptors (Lipinski definition) is 5. The zero-order chi connectivity index (χ0) is 25.2.